The molecule has 0 saturated heterocycles. The highest BCUT2D eigenvalue weighted by molar-refractivity contribution is 6.50. The summed E-state index contributed by atoms with van der Waals surface area (Å²) in [6, 6.07) is 0. The van der Waals surface area contributed by atoms with Crippen molar-refractivity contribution in [3.63, 3.8) is 0 Å². The van der Waals surface area contributed by atoms with Gasteiger partial charge in [0.2, 0.25) is 0 Å². The summed E-state index contributed by atoms with van der Waals surface area (Å²) in [4.78, 5) is 0. The van der Waals surface area contributed by atoms with Crippen molar-refractivity contribution in [1.29, 1.82) is 0 Å². The first-order valence-electron chi connectivity index (χ1n) is 3.04. The molecule has 1 aliphatic rings. The molecule has 0 radical (unpaired) electrons. The van der Waals surface area contributed by atoms with E-state index >= 15 is 0 Å². The Morgan fingerprint density at radius 3 is 2.25 bits per heavy atom. The Morgan fingerprint density at radius 1 is 1.62 bits per heavy atom. The second kappa shape index (κ2) is 2.07. The summed E-state index contributed by atoms with van der Waals surface area (Å²) in [5, 5.41) is 0. The highest BCUT2D eigenvalue weighted by Crippen LogP contribution is 2.55. The molecule has 0 aromatic heterocycles. The molecule has 0 amide bonds. The Bertz CT molecular complexity index is 88.5. The van der Waals surface area contributed by atoms with Gasteiger partial charge in [-0.25, -0.2) is 0 Å². The van der Waals surface area contributed by atoms with E-state index < -0.39 is 0 Å². The molecule has 2 heteroatoms. The third kappa shape index (κ3) is 1.29. The highest BCUT2D eigenvalue weighted by Gasteiger charge is 2.50. The summed E-state index contributed by atoms with van der Waals surface area (Å²) in [6.45, 7) is 2.15. The zero-order valence-corrected chi connectivity index (χ0v) is 6.47. The van der Waals surface area contributed by atoms with E-state index in [-0.39, 0.29) is 4.33 Å². The van der Waals surface area contributed by atoms with E-state index in [9.17, 15) is 0 Å². The molecule has 0 aliphatic heterocycles. The van der Waals surface area contributed by atoms with Crippen LogP contribution in [0.5, 0.6) is 0 Å². The SMILES string of the molecule is CCCC1CC1(Cl)Cl. The summed E-state index contributed by atoms with van der Waals surface area (Å²) in [6.07, 6.45) is 3.39. The molecule has 0 heterocycles. The maximum atomic E-state index is 5.75. The molecular weight excluding hydrogens is 143 g/mol. The van der Waals surface area contributed by atoms with Gasteiger partial charge in [0.25, 0.3) is 0 Å². The second-order valence-electron chi connectivity index (χ2n) is 2.45. The van der Waals surface area contributed by atoms with Crippen LogP contribution in [0.2, 0.25) is 0 Å². The van der Waals surface area contributed by atoms with Crippen molar-refractivity contribution in [1.82, 2.24) is 0 Å². The molecule has 1 atom stereocenters. The molecule has 1 unspecified atom stereocenters. The van der Waals surface area contributed by atoms with Crippen LogP contribution in [0.1, 0.15) is 26.2 Å². The molecule has 8 heavy (non-hydrogen) atoms. The molecule has 0 bridgehead atoms. The van der Waals surface area contributed by atoms with Crippen LogP contribution < -0.4 is 0 Å². The highest BCUT2D eigenvalue weighted by atomic mass is 35.5. The third-order valence-corrected chi connectivity index (χ3v) is 2.52. The van der Waals surface area contributed by atoms with Crippen molar-refractivity contribution in [3.05, 3.63) is 0 Å². The Kier molecular flexibility index (Phi) is 1.74. The van der Waals surface area contributed by atoms with Crippen LogP contribution in [0.25, 0.3) is 0 Å². The summed E-state index contributed by atoms with van der Waals surface area (Å²) in [5.74, 6) is 0.593. The molecular formula is C6H10Cl2. The Hall–Kier alpha value is 0.580. The number of hydrogen-bond donors (Lipinski definition) is 0. The average molecular weight is 153 g/mol. The Morgan fingerprint density at radius 2 is 2.12 bits per heavy atom. The standard InChI is InChI=1S/C6H10Cl2/c1-2-3-5-4-6(5,7)8/h5H,2-4H2,1H3. The lowest BCUT2D eigenvalue weighted by Crippen LogP contribution is -1.87. The molecule has 0 aromatic carbocycles. The Balaban J connectivity index is 2.17. The van der Waals surface area contributed by atoms with Gasteiger partial charge in [-0.3, -0.25) is 0 Å². The molecule has 0 spiro atoms. The summed E-state index contributed by atoms with van der Waals surface area (Å²) in [5.41, 5.74) is 0. The first-order chi connectivity index (χ1) is 3.67. The van der Waals surface area contributed by atoms with Crippen LogP contribution in [0.4, 0.5) is 0 Å². The minimum atomic E-state index is -0.337. The molecule has 1 fully saturated rings. The quantitative estimate of drug-likeness (QED) is 0.535. The van der Waals surface area contributed by atoms with E-state index in [1.807, 2.05) is 0 Å². The zero-order valence-electron chi connectivity index (χ0n) is 4.95. The summed E-state index contributed by atoms with van der Waals surface area (Å²) in [7, 11) is 0. The van der Waals surface area contributed by atoms with Gasteiger partial charge in [-0.1, -0.05) is 13.3 Å². The lowest BCUT2D eigenvalue weighted by Gasteiger charge is -1.93. The van der Waals surface area contributed by atoms with Crippen molar-refractivity contribution in [2.24, 2.45) is 5.92 Å². The molecule has 0 N–H and O–H groups in total. The molecule has 0 aromatic rings. The summed E-state index contributed by atoms with van der Waals surface area (Å²) < 4.78 is -0.337. The Labute approximate surface area is 60.2 Å². The lowest BCUT2D eigenvalue weighted by atomic mass is 10.2. The van der Waals surface area contributed by atoms with Crippen LogP contribution >= 0.6 is 23.2 Å². The molecule has 1 saturated carbocycles. The van der Waals surface area contributed by atoms with Crippen LogP contribution in [-0.2, 0) is 0 Å². The predicted octanol–water partition coefficient (Wildman–Crippen LogP) is 2.98. The van der Waals surface area contributed by atoms with Gasteiger partial charge < -0.3 is 0 Å². The number of halogens is 2. The van der Waals surface area contributed by atoms with Gasteiger partial charge in [0, 0.05) is 0 Å². The van der Waals surface area contributed by atoms with Gasteiger partial charge in [0.05, 0.1) is 0 Å². The molecule has 0 nitrogen and oxygen atoms in total. The van der Waals surface area contributed by atoms with Gasteiger partial charge in [0.1, 0.15) is 4.33 Å². The smallest absolute Gasteiger partial charge is 0.101 e. The normalized spacial score (nSPS) is 32.6. The summed E-state index contributed by atoms with van der Waals surface area (Å²) >= 11 is 11.5. The second-order valence-corrected chi connectivity index (χ2v) is 3.99. The largest absolute Gasteiger partial charge is 0.121 e. The van der Waals surface area contributed by atoms with Crippen molar-refractivity contribution in [3.8, 4) is 0 Å². The topological polar surface area (TPSA) is 0 Å². The van der Waals surface area contributed by atoms with E-state index in [1.54, 1.807) is 0 Å². The number of rotatable bonds is 2. The van der Waals surface area contributed by atoms with E-state index in [4.69, 9.17) is 23.2 Å². The molecule has 1 rings (SSSR count). The average Bonchev–Trinajstić information content (AvgIpc) is 2.15. The lowest BCUT2D eigenvalue weighted by molar-refractivity contribution is 0.700. The van der Waals surface area contributed by atoms with Crippen LogP contribution in [0.3, 0.4) is 0 Å². The minimum absolute atomic E-state index is 0.337. The van der Waals surface area contributed by atoms with Crippen molar-refractivity contribution in [2.75, 3.05) is 0 Å². The van der Waals surface area contributed by atoms with E-state index in [0.29, 0.717) is 5.92 Å². The van der Waals surface area contributed by atoms with E-state index in [2.05, 4.69) is 6.92 Å². The van der Waals surface area contributed by atoms with Gasteiger partial charge in [-0.2, -0.15) is 0 Å². The molecule has 48 valence electrons. The van der Waals surface area contributed by atoms with Crippen molar-refractivity contribution >= 4 is 23.2 Å². The van der Waals surface area contributed by atoms with Crippen molar-refractivity contribution < 1.29 is 0 Å². The fraction of sp³-hybridized carbons (Fsp3) is 1.00. The van der Waals surface area contributed by atoms with Gasteiger partial charge in [-0.05, 0) is 18.8 Å². The van der Waals surface area contributed by atoms with Crippen LogP contribution in [0, 0.1) is 5.92 Å². The monoisotopic (exact) mass is 152 g/mol. The maximum Gasteiger partial charge on any atom is 0.121 e. The van der Waals surface area contributed by atoms with Crippen LogP contribution in [-0.4, -0.2) is 4.33 Å². The first kappa shape index (κ1) is 6.70. The number of alkyl halides is 2. The molecule has 1 aliphatic carbocycles. The van der Waals surface area contributed by atoms with Gasteiger partial charge in [-0.15, -0.1) is 23.2 Å². The van der Waals surface area contributed by atoms with Gasteiger partial charge in [0.15, 0.2) is 0 Å². The fourth-order valence-electron chi connectivity index (χ4n) is 0.931. The first-order valence-corrected chi connectivity index (χ1v) is 3.80. The minimum Gasteiger partial charge on any atom is -0.101 e. The van der Waals surface area contributed by atoms with E-state index in [0.717, 1.165) is 6.42 Å². The maximum absolute atomic E-state index is 5.75. The number of hydrogen-bond acceptors (Lipinski definition) is 0. The van der Waals surface area contributed by atoms with Crippen molar-refractivity contribution in [2.45, 2.75) is 30.5 Å². The van der Waals surface area contributed by atoms with E-state index in [1.165, 1.54) is 12.8 Å². The van der Waals surface area contributed by atoms with Gasteiger partial charge >= 0.3 is 0 Å². The van der Waals surface area contributed by atoms with Crippen LogP contribution in [0.15, 0.2) is 0 Å². The third-order valence-electron chi connectivity index (χ3n) is 1.59. The zero-order chi connectivity index (χ0) is 6.20. The predicted molar refractivity (Wildman–Crippen MR) is 37.5 cm³/mol. The fourth-order valence-corrected chi connectivity index (χ4v) is 1.52.